The summed E-state index contributed by atoms with van der Waals surface area (Å²) in [5, 5.41) is 10.2. The zero-order chi connectivity index (χ0) is 15.4. The second kappa shape index (κ2) is 6.50. The average Bonchev–Trinajstić information content (AvgIpc) is 3.08. The number of amides is 1. The second-order valence-electron chi connectivity index (χ2n) is 5.56. The number of hydrogen-bond donors (Lipinski definition) is 2. The van der Waals surface area contributed by atoms with Crippen molar-refractivity contribution in [3.05, 3.63) is 52.8 Å². The molecule has 1 amide bonds. The number of aromatic nitrogens is 2. The summed E-state index contributed by atoms with van der Waals surface area (Å²) in [7, 11) is 0. The van der Waals surface area contributed by atoms with E-state index in [0.29, 0.717) is 30.5 Å². The number of benzene rings is 1. The molecular formula is C16H18ClN3O2. The van der Waals surface area contributed by atoms with Gasteiger partial charge in [-0.1, -0.05) is 23.7 Å². The van der Waals surface area contributed by atoms with Crippen molar-refractivity contribution < 1.29 is 9.53 Å². The van der Waals surface area contributed by atoms with Crippen molar-refractivity contribution in [3.8, 4) is 0 Å². The van der Waals surface area contributed by atoms with E-state index in [1.54, 1.807) is 12.3 Å². The van der Waals surface area contributed by atoms with Crippen molar-refractivity contribution in [2.75, 3.05) is 19.8 Å². The van der Waals surface area contributed by atoms with Gasteiger partial charge in [0, 0.05) is 36.4 Å². The van der Waals surface area contributed by atoms with Gasteiger partial charge in [0.2, 0.25) is 0 Å². The first-order chi connectivity index (χ1) is 10.7. The van der Waals surface area contributed by atoms with Crippen molar-refractivity contribution in [2.45, 2.75) is 18.3 Å². The Kier molecular flexibility index (Phi) is 4.45. The number of rotatable bonds is 4. The van der Waals surface area contributed by atoms with Gasteiger partial charge >= 0.3 is 0 Å². The van der Waals surface area contributed by atoms with E-state index in [-0.39, 0.29) is 11.3 Å². The lowest BCUT2D eigenvalue weighted by molar-refractivity contribution is 0.0486. The predicted molar refractivity (Wildman–Crippen MR) is 84.1 cm³/mol. The number of halogens is 1. The molecule has 0 saturated carbocycles. The Morgan fingerprint density at radius 3 is 2.86 bits per heavy atom. The van der Waals surface area contributed by atoms with E-state index >= 15 is 0 Å². The molecule has 2 N–H and O–H groups in total. The quantitative estimate of drug-likeness (QED) is 0.910. The van der Waals surface area contributed by atoms with Crippen LogP contribution in [-0.2, 0) is 10.2 Å². The molecule has 1 aliphatic heterocycles. The smallest absolute Gasteiger partial charge is 0.269 e. The van der Waals surface area contributed by atoms with Gasteiger partial charge in [-0.3, -0.25) is 9.89 Å². The van der Waals surface area contributed by atoms with Gasteiger partial charge in [0.15, 0.2) is 0 Å². The summed E-state index contributed by atoms with van der Waals surface area (Å²) in [5.74, 6) is -0.148. The molecule has 116 valence electrons. The van der Waals surface area contributed by atoms with Crippen LogP contribution >= 0.6 is 11.6 Å². The number of nitrogens with zero attached hydrogens (tertiary/aromatic N) is 1. The van der Waals surface area contributed by atoms with Crippen LogP contribution in [0.15, 0.2) is 36.5 Å². The third-order valence-electron chi connectivity index (χ3n) is 4.22. The summed E-state index contributed by atoms with van der Waals surface area (Å²) in [6.45, 7) is 1.92. The van der Waals surface area contributed by atoms with Crippen LogP contribution in [0.3, 0.4) is 0 Å². The molecule has 0 spiro atoms. The highest BCUT2D eigenvalue weighted by Crippen LogP contribution is 2.35. The normalized spacial score (nSPS) is 17.1. The van der Waals surface area contributed by atoms with Crippen LogP contribution in [0, 0.1) is 0 Å². The highest BCUT2D eigenvalue weighted by Gasteiger charge is 2.35. The highest BCUT2D eigenvalue weighted by atomic mass is 35.5. The Morgan fingerprint density at radius 1 is 1.36 bits per heavy atom. The van der Waals surface area contributed by atoms with Gasteiger partial charge in [-0.2, -0.15) is 5.10 Å². The van der Waals surface area contributed by atoms with Crippen LogP contribution in [0.1, 0.15) is 28.9 Å². The first-order valence-electron chi connectivity index (χ1n) is 7.31. The minimum atomic E-state index is -0.148. The zero-order valence-electron chi connectivity index (χ0n) is 12.1. The van der Waals surface area contributed by atoms with Gasteiger partial charge in [-0.25, -0.2) is 0 Å². The standard InChI is InChI=1S/C16H18ClN3O2/c17-13-3-1-2-12(10-13)16(5-8-22-9-6-16)11-18-15(21)14-4-7-19-20-14/h1-4,7,10H,5-6,8-9,11H2,(H,18,21)(H,19,20). The van der Waals surface area contributed by atoms with Gasteiger partial charge in [0.25, 0.3) is 5.91 Å². The molecule has 2 aromatic rings. The minimum absolute atomic E-state index is 0.140. The maximum atomic E-state index is 12.1. The summed E-state index contributed by atoms with van der Waals surface area (Å²) in [6.07, 6.45) is 3.28. The maximum Gasteiger partial charge on any atom is 0.269 e. The van der Waals surface area contributed by atoms with Gasteiger partial charge in [0.05, 0.1) is 0 Å². The molecular weight excluding hydrogens is 302 g/mol. The number of carbonyl (C=O) groups excluding carboxylic acids is 1. The average molecular weight is 320 g/mol. The fourth-order valence-corrected chi connectivity index (χ4v) is 3.07. The van der Waals surface area contributed by atoms with Crippen LogP contribution < -0.4 is 5.32 Å². The Hall–Kier alpha value is -1.85. The lowest BCUT2D eigenvalue weighted by atomic mass is 9.74. The lowest BCUT2D eigenvalue weighted by Gasteiger charge is -2.38. The molecule has 0 bridgehead atoms. The number of aromatic amines is 1. The van der Waals surface area contributed by atoms with E-state index in [1.807, 2.05) is 18.2 Å². The van der Waals surface area contributed by atoms with Gasteiger partial charge in [0.1, 0.15) is 5.69 Å². The zero-order valence-corrected chi connectivity index (χ0v) is 12.9. The Morgan fingerprint density at radius 2 is 2.18 bits per heavy atom. The Bertz CT molecular complexity index is 637. The van der Waals surface area contributed by atoms with Crippen molar-refractivity contribution >= 4 is 17.5 Å². The third kappa shape index (κ3) is 3.15. The summed E-state index contributed by atoms with van der Waals surface area (Å²) >= 11 is 6.14. The van der Waals surface area contributed by atoms with E-state index in [1.165, 1.54) is 0 Å². The predicted octanol–water partition coefficient (Wildman–Crippen LogP) is 2.54. The van der Waals surface area contributed by atoms with E-state index < -0.39 is 0 Å². The van der Waals surface area contributed by atoms with Crippen LogP contribution in [0.4, 0.5) is 0 Å². The monoisotopic (exact) mass is 319 g/mol. The largest absolute Gasteiger partial charge is 0.381 e. The first kappa shape index (κ1) is 15.1. The van der Waals surface area contributed by atoms with Crippen molar-refractivity contribution in [2.24, 2.45) is 0 Å². The molecule has 1 saturated heterocycles. The molecule has 1 aromatic heterocycles. The van der Waals surface area contributed by atoms with Crippen molar-refractivity contribution in [1.82, 2.24) is 15.5 Å². The molecule has 0 aliphatic carbocycles. The highest BCUT2D eigenvalue weighted by molar-refractivity contribution is 6.30. The van der Waals surface area contributed by atoms with E-state index in [2.05, 4.69) is 21.6 Å². The molecule has 1 aliphatic rings. The molecule has 0 radical (unpaired) electrons. The van der Waals surface area contributed by atoms with E-state index in [0.717, 1.165) is 18.4 Å². The van der Waals surface area contributed by atoms with Gasteiger partial charge in [-0.05, 0) is 36.6 Å². The van der Waals surface area contributed by atoms with Gasteiger partial charge < -0.3 is 10.1 Å². The van der Waals surface area contributed by atoms with Gasteiger partial charge in [-0.15, -0.1) is 0 Å². The summed E-state index contributed by atoms with van der Waals surface area (Å²) < 4.78 is 5.49. The molecule has 5 nitrogen and oxygen atoms in total. The molecule has 22 heavy (non-hydrogen) atoms. The summed E-state index contributed by atoms with van der Waals surface area (Å²) in [4.78, 5) is 12.1. The topological polar surface area (TPSA) is 67.0 Å². The van der Waals surface area contributed by atoms with Crippen molar-refractivity contribution in [1.29, 1.82) is 0 Å². The molecule has 0 unspecified atom stereocenters. The molecule has 1 aromatic carbocycles. The number of nitrogens with one attached hydrogen (secondary N) is 2. The minimum Gasteiger partial charge on any atom is -0.381 e. The van der Waals surface area contributed by atoms with Crippen LogP contribution in [0.5, 0.6) is 0 Å². The lowest BCUT2D eigenvalue weighted by Crippen LogP contribution is -2.44. The van der Waals surface area contributed by atoms with Crippen molar-refractivity contribution in [3.63, 3.8) is 0 Å². The number of hydrogen-bond acceptors (Lipinski definition) is 3. The summed E-state index contributed by atoms with van der Waals surface area (Å²) in [6, 6.07) is 9.52. The Balaban J connectivity index is 1.79. The number of ether oxygens (including phenoxy) is 1. The molecule has 3 rings (SSSR count). The SMILES string of the molecule is O=C(NCC1(c2cccc(Cl)c2)CCOCC1)c1ccn[nH]1. The van der Waals surface area contributed by atoms with Crippen LogP contribution in [0.25, 0.3) is 0 Å². The third-order valence-corrected chi connectivity index (χ3v) is 4.45. The molecule has 1 fully saturated rings. The second-order valence-corrected chi connectivity index (χ2v) is 5.99. The number of carbonyl (C=O) groups is 1. The fraction of sp³-hybridized carbons (Fsp3) is 0.375. The van der Waals surface area contributed by atoms with E-state index in [9.17, 15) is 4.79 Å². The summed E-state index contributed by atoms with van der Waals surface area (Å²) in [5.41, 5.74) is 1.47. The fourth-order valence-electron chi connectivity index (χ4n) is 2.88. The van der Waals surface area contributed by atoms with Crippen LogP contribution in [0.2, 0.25) is 5.02 Å². The van der Waals surface area contributed by atoms with E-state index in [4.69, 9.17) is 16.3 Å². The maximum absolute atomic E-state index is 12.1. The molecule has 2 heterocycles. The molecule has 0 atom stereocenters. The Labute approximate surface area is 134 Å². The van der Waals surface area contributed by atoms with Crippen LogP contribution in [-0.4, -0.2) is 35.9 Å². The first-order valence-corrected chi connectivity index (χ1v) is 7.69. The number of H-pyrrole nitrogens is 1. The molecule has 6 heteroatoms.